The zero-order valence-corrected chi connectivity index (χ0v) is 13.1. The van der Waals surface area contributed by atoms with Crippen LogP contribution in [0.3, 0.4) is 0 Å². The highest BCUT2D eigenvalue weighted by molar-refractivity contribution is 9.10. The Hall–Kier alpha value is -1.07. The largest absolute Gasteiger partial charge is 0.373 e. The van der Waals surface area contributed by atoms with E-state index in [1.54, 1.807) is 0 Å². The van der Waals surface area contributed by atoms with Crippen LogP contribution < -0.4 is 16.0 Å². The molecule has 1 aromatic rings. The van der Waals surface area contributed by atoms with Crippen molar-refractivity contribution in [3.8, 4) is 0 Å². The Bertz CT molecular complexity index is 504. The molecule has 3 N–H and O–H groups in total. The van der Waals surface area contributed by atoms with E-state index in [4.69, 9.17) is 5.73 Å². The third-order valence-corrected chi connectivity index (χ3v) is 4.32. The standard InChI is InChI=1S/C14H20BrN3O/c1-4-8(2)7-18(3)12-6-11-9(5-10(12)15)13(16)14(19)17-11/h5-6,8,13H,4,7,16H2,1-3H3,(H,17,19). The third kappa shape index (κ3) is 2.77. The average Bonchev–Trinajstić information content (AvgIpc) is 2.64. The SMILES string of the molecule is CCC(C)CN(C)c1cc2c(cc1Br)C(N)C(=O)N2. The van der Waals surface area contributed by atoms with Crippen molar-refractivity contribution in [3.63, 3.8) is 0 Å². The molecule has 1 aromatic carbocycles. The monoisotopic (exact) mass is 325 g/mol. The molecule has 2 unspecified atom stereocenters. The highest BCUT2D eigenvalue weighted by Crippen LogP contribution is 2.38. The van der Waals surface area contributed by atoms with E-state index < -0.39 is 6.04 Å². The Morgan fingerprint density at radius 1 is 1.53 bits per heavy atom. The fraction of sp³-hybridized carbons (Fsp3) is 0.500. The number of nitrogens with one attached hydrogen (secondary N) is 1. The van der Waals surface area contributed by atoms with Gasteiger partial charge >= 0.3 is 0 Å². The molecule has 0 saturated carbocycles. The first-order valence-electron chi connectivity index (χ1n) is 6.55. The van der Waals surface area contributed by atoms with E-state index in [2.05, 4.69) is 47.0 Å². The van der Waals surface area contributed by atoms with Gasteiger partial charge in [0.25, 0.3) is 0 Å². The first-order chi connectivity index (χ1) is 8.93. The molecule has 0 radical (unpaired) electrons. The molecule has 1 aliphatic heterocycles. The van der Waals surface area contributed by atoms with Gasteiger partial charge in [-0.3, -0.25) is 4.79 Å². The number of anilines is 2. The van der Waals surface area contributed by atoms with Crippen molar-refractivity contribution >= 4 is 33.2 Å². The maximum atomic E-state index is 11.6. The molecule has 0 fully saturated rings. The second kappa shape index (κ2) is 5.51. The van der Waals surface area contributed by atoms with E-state index >= 15 is 0 Å². The lowest BCUT2D eigenvalue weighted by molar-refractivity contribution is -0.116. The first-order valence-corrected chi connectivity index (χ1v) is 7.34. The highest BCUT2D eigenvalue weighted by Gasteiger charge is 2.28. The smallest absolute Gasteiger partial charge is 0.245 e. The van der Waals surface area contributed by atoms with Gasteiger partial charge in [0.2, 0.25) is 5.91 Å². The van der Waals surface area contributed by atoms with E-state index in [-0.39, 0.29) is 5.91 Å². The van der Waals surface area contributed by atoms with Gasteiger partial charge in [-0.1, -0.05) is 20.3 Å². The fourth-order valence-corrected chi connectivity index (χ4v) is 2.95. The van der Waals surface area contributed by atoms with Crippen molar-refractivity contribution in [3.05, 3.63) is 22.2 Å². The van der Waals surface area contributed by atoms with Gasteiger partial charge in [-0.2, -0.15) is 0 Å². The molecular formula is C14H20BrN3O. The second-order valence-corrected chi connectivity index (χ2v) is 6.11. The number of hydrogen-bond donors (Lipinski definition) is 2. The predicted octanol–water partition coefficient (Wildman–Crippen LogP) is 2.88. The highest BCUT2D eigenvalue weighted by atomic mass is 79.9. The summed E-state index contributed by atoms with van der Waals surface area (Å²) in [5, 5.41) is 2.83. The van der Waals surface area contributed by atoms with Crippen LogP contribution in [0, 0.1) is 5.92 Å². The van der Waals surface area contributed by atoms with Crippen molar-refractivity contribution in [2.24, 2.45) is 11.7 Å². The molecule has 4 nitrogen and oxygen atoms in total. The molecule has 2 atom stereocenters. The zero-order valence-electron chi connectivity index (χ0n) is 11.5. The fourth-order valence-electron chi connectivity index (χ4n) is 2.28. The average molecular weight is 326 g/mol. The minimum atomic E-state index is -0.555. The van der Waals surface area contributed by atoms with Gasteiger partial charge in [0, 0.05) is 29.3 Å². The van der Waals surface area contributed by atoms with Crippen LogP contribution in [0.2, 0.25) is 0 Å². The minimum absolute atomic E-state index is 0.136. The summed E-state index contributed by atoms with van der Waals surface area (Å²) in [7, 11) is 2.06. The van der Waals surface area contributed by atoms with Crippen molar-refractivity contribution in [2.45, 2.75) is 26.3 Å². The van der Waals surface area contributed by atoms with Gasteiger partial charge in [-0.15, -0.1) is 0 Å². The molecule has 104 valence electrons. The van der Waals surface area contributed by atoms with Crippen LogP contribution in [0.25, 0.3) is 0 Å². The number of hydrogen-bond acceptors (Lipinski definition) is 3. The van der Waals surface area contributed by atoms with E-state index in [1.165, 1.54) is 0 Å². The van der Waals surface area contributed by atoms with Gasteiger partial charge < -0.3 is 16.0 Å². The van der Waals surface area contributed by atoms with Crippen molar-refractivity contribution in [1.82, 2.24) is 0 Å². The number of fused-ring (bicyclic) bond motifs is 1. The molecule has 2 rings (SSSR count). The lowest BCUT2D eigenvalue weighted by Gasteiger charge is -2.24. The van der Waals surface area contributed by atoms with E-state index in [0.29, 0.717) is 5.92 Å². The summed E-state index contributed by atoms with van der Waals surface area (Å²) in [5.74, 6) is 0.491. The van der Waals surface area contributed by atoms with Gasteiger partial charge in [0.05, 0.1) is 5.69 Å². The molecule has 1 amide bonds. The summed E-state index contributed by atoms with van der Waals surface area (Å²) in [6.45, 7) is 5.40. The summed E-state index contributed by atoms with van der Waals surface area (Å²) in [5.41, 5.74) is 8.60. The van der Waals surface area contributed by atoms with Crippen LogP contribution in [0.1, 0.15) is 31.9 Å². The molecule has 0 saturated heterocycles. The maximum absolute atomic E-state index is 11.6. The molecule has 19 heavy (non-hydrogen) atoms. The zero-order chi connectivity index (χ0) is 14.2. The van der Waals surface area contributed by atoms with E-state index in [9.17, 15) is 4.79 Å². The molecular weight excluding hydrogens is 306 g/mol. The van der Waals surface area contributed by atoms with Crippen LogP contribution in [-0.4, -0.2) is 19.5 Å². The number of rotatable bonds is 4. The van der Waals surface area contributed by atoms with Crippen molar-refractivity contribution in [1.29, 1.82) is 0 Å². The number of carbonyl (C=O) groups excluding carboxylic acids is 1. The summed E-state index contributed by atoms with van der Waals surface area (Å²) >= 11 is 3.57. The maximum Gasteiger partial charge on any atom is 0.245 e. The quantitative estimate of drug-likeness (QED) is 0.894. The Morgan fingerprint density at radius 3 is 2.84 bits per heavy atom. The van der Waals surface area contributed by atoms with Crippen LogP contribution in [-0.2, 0) is 4.79 Å². The van der Waals surface area contributed by atoms with Gasteiger partial charge in [0.15, 0.2) is 0 Å². The van der Waals surface area contributed by atoms with Crippen molar-refractivity contribution in [2.75, 3.05) is 23.8 Å². The van der Waals surface area contributed by atoms with E-state index in [0.717, 1.165) is 34.4 Å². The number of carbonyl (C=O) groups is 1. The summed E-state index contributed by atoms with van der Waals surface area (Å²) < 4.78 is 0.976. The van der Waals surface area contributed by atoms with Crippen LogP contribution in [0.15, 0.2) is 16.6 Å². The molecule has 1 aliphatic rings. The van der Waals surface area contributed by atoms with Gasteiger partial charge in [0.1, 0.15) is 6.04 Å². The lowest BCUT2D eigenvalue weighted by atomic mass is 10.1. The number of amides is 1. The topological polar surface area (TPSA) is 58.4 Å². The van der Waals surface area contributed by atoms with Crippen LogP contribution in [0.5, 0.6) is 0 Å². The molecule has 0 bridgehead atoms. The second-order valence-electron chi connectivity index (χ2n) is 5.25. The Labute approximate surface area is 122 Å². The molecule has 5 heteroatoms. The summed E-state index contributed by atoms with van der Waals surface area (Å²) in [6.07, 6.45) is 1.15. The third-order valence-electron chi connectivity index (χ3n) is 3.69. The number of benzene rings is 1. The molecule has 0 aromatic heterocycles. The number of halogens is 1. The normalized spacial score (nSPS) is 19.0. The summed E-state index contributed by atoms with van der Waals surface area (Å²) in [4.78, 5) is 13.8. The van der Waals surface area contributed by atoms with Gasteiger partial charge in [-0.05, 0) is 34.0 Å². The summed E-state index contributed by atoms with van der Waals surface area (Å²) in [6, 6.07) is 3.38. The predicted molar refractivity (Wildman–Crippen MR) is 82.4 cm³/mol. The Balaban J connectivity index is 2.29. The van der Waals surface area contributed by atoms with Crippen LogP contribution in [0.4, 0.5) is 11.4 Å². The number of nitrogens with zero attached hydrogens (tertiary/aromatic N) is 1. The first kappa shape index (κ1) is 14.3. The lowest BCUT2D eigenvalue weighted by Crippen LogP contribution is -2.24. The number of nitrogens with two attached hydrogens (primary N) is 1. The minimum Gasteiger partial charge on any atom is -0.373 e. The van der Waals surface area contributed by atoms with Gasteiger partial charge in [-0.25, -0.2) is 0 Å². The van der Waals surface area contributed by atoms with Crippen LogP contribution >= 0.6 is 15.9 Å². The van der Waals surface area contributed by atoms with Crippen molar-refractivity contribution < 1.29 is 4.79 Å². The van der Waals surface area contributed by atoms with E-state index in [1.807, 2.05) is 12.1 Å². The molecule has 1 heterocycles. The molecule has 0 aliphatic carbocycles. The molecule has 0 spiro atoms. The Kier molecular flexibility index (Phi) is 4.16. The Morgan fingerprint density at radius 2 is 2.21 bits per heavy atom.